The van der Waals surface area contributed by atoms with Gasteiger partial charge in [0.25, 0.3) is 0 Å². The first-order valence-corrected chi connectivity index (χ1v) is 8.03. The molecule has 3 heteroatoms. The predicted octanol–water partition coefficient (Wildman–Crippen LogP) is 4.72. The van der Waals surface area contributed by atoms with E-state index in [4.69, 9.17) is 4.98 Å². The molecule has 0 amide bonds. The van der Waals surface area contributed by atoms with E-state index in [2.05, 4.69) is 81.7 Å². The number of fused-ring (bicyclic) bond motifs is 1. The fraction of sp³-hybridized carbons (Fsp3) is 0.421. The molecule has 1 aromatic carbocycles. The lowest BCUT2D eigenvalue weighted by Crippen LogP contribution is -2.42. The standard InChI is InChI=1S/C19H25N3/c1-12(2)21-16(6)22(18-10-8-7-9-17(18)21)19-13(3)11-14(4)20-15(19)5/h7-12,16H,1-6H3/t16-/m1/s1. The minimum Gasteiger partial charge on any atom is -0.347 e. The molecule has 3 rings (SSSR count). The summed E-state index contributed by atoms with van der Waals surface area (Å²) in [5, 5.41) is 0. The molecule has 3 nitrogen and oxygen atoms in total. The van der Waals surface area contributed by atoms with Crippen LogP contribution in [0.2, 0.25) is 0 Å². The smallest absolute Gasteiger partial charge is 0.104 e. The number of aromatic nitrogens is 1. The Labute approximate surface area is 133 Å². The van der Waals surface area contributed by atoms with Crippen LogP contribution in [0, 0.1) is 20.8 Å². The first-order chi connectivity index (χ1) is 10.4. The lowest BCUT2D eigenvalue weighted by Gasteiger charge is -2.34. The highest BCUT2D eigenvalue weighted by molar-refractivity contribution is 5.85. The summed E-state index contributed by atoms with van der Waals surface area (Å²) in [5.41, 5.74) is 7.31. The van der Waals surface area contributed by atoms with Crippen molar-refractivity contribution in [3.63, 3.8) is 0 Å². The van der Waals surface area contributed by atoms with Crippen LogP contribution in [0.5, 0.6) is 0 Å². The molecular weight excluding hydrogens is 270 g/mol. The van der Waals surface area contributed by atoms with Gasteiger partial charge in [0, 0.05) is 11.7 Å². The number of rotatable bonds is 2. The van der Waals surface area contributed by atoms with Gasteiger partial charge in [-0.1, -0.05) is 12.1 Å². The Bertz CT molecular complexity index is 683. The van der Waals surface area contributed by atoms with E-state index in [9.17, 15) is 0 Å². The second-order valence-electron chi connectivity index (χ2n) is 6.51. The van der Waals surface area contributed by atoms with E-state index in [-0.39, 0.29) is 0 Å². The minimum absolute atomic E-state index is 0.291. The van der Waals surface area contributed by atoms with E-state index in [0.717, 1.165) is 11.4 Å². The van der Waals surface area contributed by atoms with Gasteiger partial charge < -0.3 is 9.80 Å². The van der Waals surface area contributed by atoms with E-state index >= 15 is 0 Å². The number of anilines is 3. The third-order valence-corrected chi connectivity index (χ3v) is 4.48. The molecule has 1 aliphatic heterocycles. The quantitative estimate of drug-likeness (QED) is 0.799. The fourth-order valence-electron chi connectivity index (χ4n) is 3.81. The Morgan fingerprint density at radius 2 is 1.68 bits per heavy atom. The van der Waals surface area contributed by atoms with Crippen molar-refractivity contribution in [3.8, 4) is 0 Å². The van der Waals surface area contributed by atoms with Gasteiger partial charge in [-0.3, -0.25) is 4.98 Å². The lowest BCUT2D eigenvalue weighted by molar-refractivity contribution is 0.605. The summed E-state index contributed by atoms with van der Waals surface area (Å²) in [6.45, 7) is 13.1. The summed E-state index contributed by atoms with van der Waals surface area (Å²) in [6.07, 6.45) is 0.291. The van der Waals surface area contributed by atoms with Gasteiger partial charge in [-0.15, -0.1) is 0 Å². The van der Waals surface area contributed by atoms with Gasteiger partial charge in [0.15, 0.2) is 0 Å². The first-order valence-electron chi connectivity index (χ1n) is 8.03. The number of para-hydroxylation sites is 2. The van der Waals surface area contributed by atoms with Crippen LogP contribution in [-0.2, 0) is 0 Å². The van der Waals surface area contributed by atoms with Crippen LogP contribution in [-0.4, -0.2) is 17.2 Å². The fourth-order valence-corrected chi connectivity index (χ4v) is 3.81. The molecule has 2 heterocycles. The second kappa shape index (κ2) is 5.31. The molecule has 22 heavy (non-hydrogen) atoms. The number of hydrogen-bond donors (Lipinski definition) is 0. The van der Waals surface area contributed by atoms with Gasteiger partial charge in [0.2, 0.25) is 0 Å². The van der Waals surface area contributed by atoms with Gasteiger partial charge in [-0.25, -0.2) is 0 Å². The minimum atomic E-state index is 0.291. The van der Waals surface area contributed by atoms with Crippen LogP contribution in [0.25, 0.3) is 0 Å². The van der Waals surface area contributed by atoms with Gasteiger partial charge in [0.05, 0.1) is 22.8 Å². The molecule has 2 aromatic rings. The molecule has 0 aliphatic carbocycles. The van der Waals surface area contributed by atoms with Gasteiger partial charge in [0.1, 0.15) is 6.17 Å². The highest BCUT2D eigenvalue weighted by atomic mass is 15.4. The lowest BCUT2D eigenvalue weighted by atomic mass is 10.1. The zero-order valence-corrected chi connectivity index (χ0v) is 14.4. The van der Waals surface area contributed by atoms with E-state index in [1.165, 1.54) is 22.6 Å². The molecule has 116 valence electrons. The van der Waals surface area contributed by atoms with Crippen molar-refractivity contribution in [2.45, 2.75) is 53.8 Å². The van der Waals surface area contributed by atoms with Crippen LogP contribution in [0.4, 0.5) is 17.1 Å². The van der Waals surface area contributed by atoms with Crippen molar-refractivity contribution in [2.75, 3.05) is 9.80 Å². The van der Waals surface area contributed by atoms with Crippen LogP contribution in [0.3, 0.4) is 0 Å². The summed E-state index contributed by atoms with van der Waals surface area (Å²) < 4.78 is 0. The molecule has 1 atom stereocenters. The largest absolute Gasteiger partial charge is 0.347 e. The maximum absolute atomic E-state index is 4.70. The summed E-state index contributed by atoms with van der Waals surface area (Å²) in [4.78, 5) is 9.61. The van der Waals surface area contributed by atoms with Crippen molar-refractivity contribution in [2.24, 2.45) is 0 Å². The molecule has 0 unspecified atom stereocenters. The molecule has 0 saturated carbocycles. The topological polar surface area (TPSA) is 19.4 Å². The summed E-state index contributed by atoms with van der Waals surface area (Å²) in [7, 11) is 0. The van der Waals surface area contributed by atoms with Crippen molar-refractivity contribution in [1.29, 1.82) is 0 Å². The Kier molecular flexibility index (Phi) is 3.59. The van der Waals surface area contributed by atoms with E-state index in [0.29, 0.717) is 12.2 Å². The average Bonchev–Trinajstić information content (AvgIpc) is 2.71. The number of hydrogen-bond acceptors (Lipinski definition) is 3. The van der Waals surface area contributed by atoms with E-state index < -0.39 is 0 Å². The molecule has 1 aliphatic rings. The molecule has 1 aromatic heterocycles. The van der Waals surface area contributed by atoms with E-state index in [1.807, 2.05) is 0 Å². The van der Waals surface area contributed by atoms with Crippen molar-refractivity contribution in [1.82, 2.24) is 4.98 Å². The zero-order valence-electron chi connectivity index (χ0n) is 14.4. The molecular formula is C19H25N3. The molecule has 0 fully saturated rings. The van der Waals surface area contributed by atoms with Crippen LogP contribution >= 0.6 is 0 Å². The van der Waals surface area contributed by atoms with Crippen LogP contribution in [0.1, 0.15) is 37.7 Å². The van der Waals surface area contributed by atoms with Gasteiger partial charge >= 0.3 is 0 Å². The zero-order chi connectivity index (χ0) is 16.0. The van der Waals surface area contributed by atoms with Crippen molar-refractivity contribution in [3.05, 3.63) is 47.3 Å². The molecule has 0 radical (unpaired) electrons. The Morgan fingerprint density at radius 1 is 1.05 bits per heavy atom. The maximum Gasteiger partial charge on any atom is 0.104 e. The summed E-state index contributed by atoms with van der Waals surface area (Å²) >= 11 is 0. The molecule has 0 saturated heterocycles. The van der Waals surface area contributed by atoms with Crippen LogP contribution in [0.15, 0.2) is 30.3 Å². The van der Waals surface area contributed by atoms with Crippen LogP contribution < -0.4 is 9.80 Å². The van der Waals surface area contributed by atoms with Crippen molar-refractivity contribution < 1.29 is 0 Å². The number of aryl methyl sites for hydroxylation is 3. The Balaban J connectivity index is 2.20. The number of pyridine rings is 1. The van der Waals surface area contributed by atoms with E-state index in [1.54, 1.807) is 0 Å². The SMILES string of the molecule is Cc1cc(C)c(N2c3ccccc3N(C(C)C)[C@H]2C)c(C)n1. The van der Waals surface area contributed by atoms with Gasteiger partial charge in [-0.05, 0) is 65.3 Å². The monoisotopic (exact) mass is 295 g/mol. The van der Waals surface area contributed by atoms with Crippen molar-refractivity contribution >= 4 is 17.1 Å². The third-order valence-electron chi connectivity index (χ3n) is 4.48. The maximum atomic E-state index is 4.70. The highest BCUT2D eigenvalue weighted by Crippen LogP contribution is 2.46. The first kappa shape index (κ1) is 14.9. The molecule has 0 N–H and O–H groups in total. The highest BCUT2D eigenvalue weighted by Gasteiger charge is 2.36. The predicted molar refractivity (Wildman–Crippen MR) is 94.1 cm³/mol. The Morgan fingerprint density at radius 3 is 2.27 bits per heavy atom. The summed E-state index contributed by atoms with van der Waals surface area (Å²) in [6, 6.07) is 11.3. The summed E-state index contributed by atoms with van der Waals surface area (Å²) in [5.74, 6) is 0. The van der Waals surface area contributed by atoms with Gasteiger partial charge in [-0.2, -0.15) is 0 Å². The average molecular weight is 295 g/mol. The number of nitrogens with zero attached hydrogens (tertiary/aromatic N) is 3. The molecule has 0 spiro atoms. The Hall–Kier alpha value is -2.03. The number of benzene rings is 1. The second-order valence-corrected chi connectivity index (χ2v) is 6.51. The molecule has 0 bridgehead atoms. The normalized spacial score (nSPS) is 17.3. The third kappa shape index (κ3) is 2.16.